The van der Waals surface area contributed by atoms with Gasteiger partial charge in [-0.25, -0.2) is 8.42 Å². The molecule has 1 atom stereocenters. The Morgan fingerprint density at radius 2 is 2.05 bits per heavy atom. The topological polar surface area (TPSA) is 69.7 Å². The predicted octanol–water partition coefficient (Wildman–Crippen LogP) is -1.07. The quantitative estimate of drug-likeness (QED) is 0.713. The number of hydrogen-bond donors (Lipinski definition) is 1. The standard InChI is InChI=1S/C12H23N3O3S/c1-2-15(11-3-8-19(17,18)10-11)12(16)9-14-6-4-13-5-7-14/h11,13H,2-10H2,1H3. The van der Waals surface area contributed by atoms with E-state index in [0.717, 1.165) is 26.2 Å². The van der Waals surface area contributed by atoms with Gasteiger partial charge in [-0.1, -0.05) is 0 Å². The Bertz CT molecular complexity index is 418. The lowest BCUT2D eigenvalue weighted by molar-refractivity contribution is -0.134. The van der Waals surface area contributed by atoms with Crippen LogP contribution in [0.4, 0.5) is 0 Å². The minimum absolute atomic E-state index is 0.0616. The van der Waals surface area contributed by atoms with E-state index in [1.807, 2.05) is 6.92 Å². The van der Waals surface area contributed by atoms with Crippen molar-refractivity contribution in [2.24, 2.45) is 0 Å². The van der Waals surface area contributed by atoms with Crippen LogP contribution in [0.2, 0.25) is 0 Å². The zero-order valence-corrected chi connectivity index (χ0v) is 12.3. The summed E-state index contributed by atoms with van der Waals surface area (Å²) in [6, 6.07) is -0.120. The van der Waals surface area contributed by atoms with Gasteiger partial charge in [-0.15, -0.1) is 0 Å². The number of piperazine rings is 1. The molecule has 0 aliphatic carbocycles. The summed E-state index contributed by atoms with van der Waals surface area (Å²) in [5.41, 5.74) is 0. The normalized spacial score (nSPS) is 27.3. The van der Waals surface area contributed by atoms with Gasteiger partial charge in [0.15, 0.2) is 9.84 Å². The SMILES string of the molecule is CCN(C(=O)CN1CCNCC1)C1CCS(=O)(=O)C1. The van der Waals surface area contributed by atoms with Crippen molar-refractivity contribution in [1.29, 1.82) is 0 Å². The van der Waals surface area contributed by atoms with Crippen molar-refractivity contribution >= 4 is 15.7 Å². The van der Waals surface area contributed by atoms with Gasteiger partial charge < -0.3 is 10.2 Å². The molecule has 7 heteroatoms. The van der Waals surface area contributed by atoms with Gasteiger partial charge in [0.2, 0.25) is 5.91 Å². The van der Waals surface area contributed by atoms with E-state index in [0.29, 0.717) is 19.5 Å². The minimum atomic E-state index is -2.93. The Balaban J connectivity index is 1.91. The Kier molecular flexibility index (Phi) is 4.81. The molecule has 0 saturated carbocycles. The first-order valence-electron chi connectivity index (χ1n) is 6.95. The average Bonchev–Trinajstić information content (AvgIpc) is 2.72. The molecule has 2 aliphatic rings. The summed E-state index contributed by atoms with van der Waals surface area (Å²) in [7, 11) is -2.93. The number of sulfone groups is 1. The molecule has 2 fully saturated rings. The number of carbonyl (C=O) groups excluding carboxylic acids is 1. The third-order valence-electron chi connectivity index (χ3n) is 3.88. The van der Waals surface area contributed by atoms with Gasteiger partial charge in [0.1, 0.15) is 0 Å². The van der Waals surface area contributed by atoms with E-state index < -0.39 is 9.84 Å². The number of hydrogen-bond acceptors (Lipinski definition) is 5. The molecule has 0 spiro atoms. The molecule has 6 nitrogen and oxygen atoms in total. The second-order valence-corrected chi connectivity index (χ2v) is 7.49. The van der Waals surface area contributed by atoms with Crippen molar-refractivity contribution < 1.29 is 13.2 Å². The fraction of sp³-hybridized carbons (Fsp3) is 0.917. The molecule has 1 N–H and O–H groups in total. The highest BCUT2D eigenvalue weighted by Crippen LogP contribution is 2.18. The molecule has 0 aromatic carbocycles. The number of likely N-dealkylation sites (N-methyl/N-ethyl adjacent to an activating group) is 1. The second-order valence-electron chi connectivity index (χ2n) is 5.26. The molecular formula is C12H23N3O3S. The average molecular weight is 289 g/mol. The van der Waals surface area contributed by atoms with Crippen molar-refractivity contribution in [1.82, 2.24) is 15.1 Å². The van der Waals surface area contributed by atoms with Gasteiger partial charge in [0.05, 0.1) is 18.1 Å². The van der Waals surface area contributed by atoms with E-state index in [1.165, 1.54) is 0 Å². The summed E-state index contributed by atoms with van der Waals surface area (Å²) in [4.78, 5) is 16.2. The van der Waals surface area contributed by atoms with Gasteiger partial charge in [-0.3, -0.25) is 9.69 Å². The van der Waals surface area contributed by atoms with Crippen LogP contribution >= 0.6 is 0 Å². The van der Waals surface area contributed by atoms with Crippen LogP contribution in [0.1, 0.15) is 13.3 Å². The van der Waals surface area contributed by atoms with Crippen molar-refractivity contribution in [3.8, 4) is 0 Å². The highest BCUT2D eigenvalue weighted by Gasteiger charge is 2.34. The molecule has 0 bridgehead atoms. The third-order valence-corrected chi connectivity index (χ3v) is 5.63. The predicted molar refractivity (Wildman–Crippen MR) is 73.8 cm³/mol. The van der Waals surface area contributed by atoms with Crippen LogP contribution in [0.15, 0.2) is 0 Å². The van der Waals surface area contributed by atoms with Crippen LogP contribution in [0, 0.1) is 0 Å². The molecule has 19 heavy (non-hydrogen) atoms. The van der Waals surface area contributed by atoms with Crippen LogP contribution in [-0.2, 0) is 14.6 Å². The Morgan fingerprint density at radius 1 is 1.37 bits per heavy atom. The molecule has 2 saturated heterocycles. The Labute approximate surface area is 115 Å². The van der Waals surface area contributed by atoms with Crippen LogP contribution < -0.4 is 5.32 Å². The maximum Gasteiger partial charge on any atom is 0.237 e. The molecule has 1 amide bonds. The molecule has 0 aromatic heterocycles. The van der Waals surface area contributed by atoms with Crippen LogP contribution in [0.25, 0.3) is 0 Å². The van der Waals surface area contributed by atoms with E-state index in [9.17, 15) is 13.2 Å². The molecule has 2 aliphatic heterocycles. The fourth-order valence-electron chi connectivity index (χ4n) is 2.81. The van der Waals surface area contributed by atoms with Gasteiger partial charge >= 0.3 is 0 Å². The minimum Gasteiger partial charge on any atom is -0.338 e. The van der Waals surface area contributed by atoms with E-state index in [2.05, 4.69) is 10.2 Å². The monoisotopic (exact) mass is 289 g/mol. The number of carbonyl (C=O) groups is 1. The largest absolute Gasteiger partial charge is 0.338 e. The summed E-state index contributed by atoms with van der Waals surface area (Å²) in [5.74, 6) is 0.412. The van der Waals surface area contributed by atoms with Crippen molar-refractivity contribution in [3.63, 3.8) is 0 Å². The van der Waals surface area contributed by atoms with Crippen molar-refractivity contribution in [3.05, 3.63) is 0 Å². The Hall–Kier alpha value is -0.660. The third kappa shape index (κ3) is 3.90. The molecular weight excluding hydrogens is 266 g/mol. The smallest absolute Gasteiger partial charge is 0.237 e. The maximum absolute atomic E-state index is 12.3. The summed E-state index contributed by atoms with van der Waals surface area (Å²) in [6.07, 6.45) is 0.587. The zero-order chi connectivity index (χ0) is 13.9. The van der Waals surface area contributed by atoms with E-state index >= 15 is 0 Å². The summed E-state index contributed by atoms with van der Waals surface area (Å²) < 4.78 is 23.0. The number of rotatable bonds is 4. The highest BCUT2D eigenvalue weighted by molar-refractivity contribution is 7.91. The molecule has 2 rings (SSSR count). The van der Waals surface area contributed by atoms with Crippen LogP contribution in [0.3, 0.4) is 0 Å². The number of amides is 1. The van der Waals surface area contributed by atoms with Crippen molar-refractivity contribution in [2.75, 3.05) is 50.8 Å². The van der Waals surface area contributed by atoms with E-state index in [4.69, 9.17) is 0 Å². The fourth-order valence-corrected chi connectivity index (χ4v) is 4.54. The van der Waals surface area contributed by atoms with E-state index in [1.54, 1.807) is 4.90 Å². The first-order valence-corrected chi connectivity index (χ1v) is 8.77. The summed E-state index contributed by atoms with van der Waals surface area (Å²) >= 11 is 0. The highest BCUT2D eigenvalue weighted by atomic mass is 32.2. The first-order chi connectivity index (χ1) is 9.02. The molecule has 2 heterocycles. The molecule has 0 aromatic rings. The number of nitrogens with zero attached hydrogens (tertiary/aromatic N) is 2. The zero-order valence-electron chi connectivity index (χ0n) is 11.5. The molecule has 110 valence electrons. The van der Waals surface area contributed by atoms with Crippen molar-refractivity contribution in [2.45, 2.75) is 19.4 Å². The van der Waals surface area contributed by atoms with E-state index in [-0.39, 0.29) is 23.5 Å². The molecule has 0 radical (unpaired) electrons. The lowest BCUT2D eigenvalue weighted by Crippen LogP contribution is -2.50. The lowest BCUT2D eigenvalue weighted by Gasteiger charge is -2.32. The lowest BCUT2D eigenvalue weighted by atomic mass is 10.2. The second kappa shape index (κ2) is 6.19. The van der Waals surface area contributed by atoms with Gasteiger partial charge in [-0.05, 0) is 13.3 Å². The Morgan fingerprint density at radius 3 is 2.58 bits per heavy atom. The maximum atomic E-state index is 12.3. The van der Waals surface area contributed by atoms with Gasteiger partial charge in [-0.2, -0.15) is 0 Å². The molecule has 1 unspecified atom stereocenters. The summed E-state index contributed by atoms with van der Waals surface area (Å²) in [6.45, 7) is 6.50. The van der Waals surface area contributed by atoms with Gasteiger partial charge in [0.25, 0.3) is 0 Å². The van der Waals surface area contributed by atoms with Crippen LogP contribution in [0.5, 0.6) is 0 Å². The summed E-state index contributed by atoms with van der Waals surface area (Å²) in [5, 5.41) is 3.25. The number of nitrogens with one attached hydrogen (secondary N) is 1. The van der Waals surface area contributed by atoms with Gasteiger partial charge in [0, 0.05) is 38.8 Å². The van der Waals surface area contributed by atoms with Crippen LogP contribution in [-0.4, -0.2) is 80.9 Å². The first kappa shape index (κ1) is 14.7.